The Bertz CT molecular complexity index is 676. The molecule has 1 aromatic carbocycles. The van der Waals surface area contributed by atoms with Gasteiger partial charge in [-0.2, -0.15) is 0 Å². The summed E-state index contributed by atoms with van der Waals surface area (Å²) in [5.41, 5.74) is 0.988. The number of benzene rings is 1. The van der Waals surface area contributed by atoms with Crippen LogP contribution in [0.5, 0.6) is 0 Å². The van der Waals surface area contributed by atoms with E-state index in [1.807, 2.05) is 24.3 Å². The fourth-order valence-corrected chi connectivity index (χ4v) is 3.33. The number of thiazole rings is 1. The Morgan fingerprint density at radius 1 is 1.26 bits per heavy atom. The van der Waals surface area contributed by atoms with Crippen molar-refractivity contribution in [1.29, 1.82) is 0 Å². The molecule has 2 heterocycles. The Morgan fingerprint density at radius 2 is 2.00 bits per heavy atom. The first-order chi connectivity index (χ1) is 11.2. The van der Waals surface area contributed by atoms with Gasteiger partial charge >= 0.3 is 11.9 Å². The second kappa shape index (κ2) is 6.95. The SMILES string of the molecule is CCOC(=O)CCC(=O)OC1CN(c2nc3ccccc3s2)C1. The lowest BCUT2D eigenvalue weighted by molar-refractivity contribution is -0.154. The average molecular weight is 334 g/mol. The smallest absolute Gasteiger partial charge is 0.306 e. The number of rotatable bonds is 6. The number of para-hydroxylation sites is 1. The Balaban J connectivity index is 1.44. The Morgan fingerprint density at radius 3 is 2.74 bits per heavy atom. The predicted molar refractivity (Wildman–Crippen MR) is 87.6 cm³/mol. The minimum absolute atomic E-state index is 0.0659. The number of carbonyl (C=O) groups excluding carboxylic acids is 2. The highest BCUT2D eigenvalue weighted by Gasteiger charge is 2.32. The van der Waals surface area contributed by atoms with Gasteiger partial charge in [0, 0.05) is 0 Å². The molecule has 6 nitrogen and oxygen atoms in total. The van der Waals surface area contributed by atoms with Crippen molar-refractivity contribution >= 4 is 38.6 Å². The second-order valence-electron chi connectivity index (χ2n) is 5.29. The maximum Gasteiger partial charge on any atom is 0.306 e. The summed E-state index contributed by atoms with van der Waals surface area (Å²) in [5, 5.41) is 0.949. The van der Waals surface area contributed by atoms with E-state index >= 15 is 0 Å². The fourth-order valence-electron chi connectivity index (χ4n) is 2.35. The van der Waals surface area contributed by atoms with Crippen LogP contribution in [-0.2, 0) is 19.1 Å². The number of ether oxygens (including phenoxy) is 2. The third-order valence-electron chi connectivity index (χ3n) is 3.54. The number of hydrogen-bond donors (Lipinski definition) is 0. The zero-order valence-electron chi connectivity index (χ0n) is 12.9. The van der Waals surface area contributed by atoms with Crippen LogP contribution in [0.3, 0.4) is 0 Å². The molecule has 0 atom stereocenters. The monoisotopic (exact) mass is 334 g/mol. The number of anilines is 1. The molecular formula is C16H18N2O4S. The van der Waals surface area contributed by atoms with Gasteiger partial charge < -0.3 is 14.4 Å². The molecule has 122 valence electrons. The van der Waals surface area contributed by atoms with E-state index in [0.29, 0.717) is 19.7 Å². The molecule has 1 aliphatic rings. The first-order valence-electron chi connectivity index (χ1n) is 7.61. The largest absolute Gasteiger partial charge is 0.466 e. The topological polar surface area (TPSA) is 68.7 Å². The molecule has 23 heavy (non-hydrogen) atoms. The van der Waals surface area contributed by atoms with E-state index < -0.39 is 0 Å². The molecule has 0 bridgehead atoms. The Kier molecular flexibility index (Phi) is 4.76. The summed E-state index contributed by atoms with van der Waals surface area (Å²) in [6.07, 6.45) is 0.00831. The van der Waals surface area contributed by atoms with Gasteiger partial charge in [0.1, 0.15) is 6.10 Å². The van der Waals surface area contributed by atoms with Gasteiger partial charge in [-0.05, 0) is 19.1 Å². The van der Waals surface area contributed by atoms with Crippen LogP contribution in [0, 0.1) is 0 Å². The van der Waals surface area contributed by atoms with Crippen molar-refractivity contribution in [2.75, 3.05) is 24.6 Å². The van der Waals surface area contributed by atoms with Crippen LogP contribution in [-0.4, -0.2) is 42.7 Å². The number of hydrogen-bond acceptors (Lipinski definition) is 7. The van der Waals surface area contributed by atoms with E-state index in [1.165, 1.54) is 0 Å². The van der Waals surface area contributed by atoms with Gasteiger partial charge in [0.2, 0.25) is 0 Å². The molecule has 0 saturated carbocycles. The summed E-state index contributed by atoms with van der Waals surface area (Å²) in [6, 6.07) is 8.00. The maximum absolute atomic E-state index is 11.7. The van der Waals surface area contributed by atoms with Gasteiger partial charge in [0.25, 0.3) is 0 Å². The summed E-state index contributed by atoms with van der Waals surface area (Å²) in [5.74, 6) is -0.721. The number of aromatic nitrogens is 1. The lowest BCUT2D eigenvalue weighted by atomic mass is 10.2. The third kappa shape index (κ3) is 3.79. The normalized spacial score (nSPS) is 14.6. The van der Waals surface area contributed by atoms with Crippen molar-refractivity contribution in [2.24, 2.45) is 0 Å². The molecule has 3 rings (SSSR count). The molecule has 7 heteroatoms. The molecule has 0 aliphatic carbocycles. The summed E-state index contributed by atoms with van der Waals surface area (Å²) in [7, 11) is 0. The van der Waals surface area contributed by atoms with Crippen LogP contribution in [0.25, 0.3) is 10.2 Å². The van der Waals surface area contributed by atoms with Crippen molar-refractivity contribution in [3.63, 3.8) is 0 Å². The van der Waals surface area contributed by atoms with E-state index in [4.69, 9.17) is 9.47 Å². The molecule has 1 saturated heterocycles. The highest BCUT2D eigenvalue weighted by atomic mass is 32.1. The maximum atomic E-state index is 11.7. The second-order valence-corrected chi connectivity index (χ2v) is 6.30. The van der Waals surface area contributed by atoms with Crippen molar-refractivity contribution in [2.45, 2.75) is 25.9 Å². The standard InChI is InChI=1S/C16H18N2O4S/c1-2-21-14(19)7-8-15(20)22-11-9-18(10-11)16-17-12-5-3-4-6-13(12)23-16/h3-6,11H,2,7-10H2,1H3. The highest BCUT2D eigenvalue weighted by Crippen LogP contribution is 2.31. The number of nitrogens with zero attached hydrogens (tertiary/aromatic N) is 2. The van der Waals surface area contributed by atoms with E-state index in [2.05, 4.69) is 9.88 Å². The van der Waals surface area contributed by atoms with Gasteiger partial charge in [-0.1, -0.05) is 23.5 Å². The first-order valence-corrected chi connectivity index (χ1v) is 8.43. The molecule has 0 unspecified atom stereocenters. The van der Waals surface area contributed by atoms with Crippen LogP contribution >= 0.6 is 11.3 Å². The van der Waals surface area contributed by atoms with E-state index in [9.17, 15) is 9.59 Å². The van der Waals surface area contributed by atoms with Crippen molar-refractivity contribution in [3.05, 3.63) is 24.3 Å². The van der Waals surface area contributed by atoms with Gasteiger partial charge in [-0.25, -0.2) is 4.98 Å². The van der Waals surface area contributed by atoms with Gasteiger partial charge in [-0.3, -0.25) is 9.59 Å². The van der Waals surface area contributed by atoms with Crippen LogP contribution in [0.1, 0.15) is 19.8 Å². The summed E-state index contributed by atoms with van der Waals surface area (Å²) >= 11 is 1.63. The lowest BCUT2D eigenvalue weighted by Gasteiger charge is -2.38. The van der Waals surface area contributed by atoms with E-state index in [0.717, 1.165) is 15.3 Å². The molecule has 2 aromatic rings. The molecule has 0 spiro atoms. The fraction of sp³-hybridized carbons (Fsp3) is 0.438. The Labute approximate surface area is 138 Å². The van der Waals surface area contributed by atoms with Crippen LogP contribution in [0.4, 0.5) is 5.13 Å². The predicted octanol–water partition coefficient (Wildman–Crippen LogP) is 2.37. The minimum Gasteiger partial charge on any atom is -0.466 e. The van der Waals surface area contributed by atoms with Crippen LogP contribution in [0.15, 0.2) is 24.3 Å². The number of carbonyl (C=O) groups is 2. The van der Waals surface area contributed by atoms with E-state index in [1.54, 1.807) is 18.3 Å². The number of fused-ring (bicyclic) bond motifs is 1. The highest BCUT2D eigenvalue weighted by molar-refractivity contribution is 7.22. The average Bonchev–Trinajstić information content (AvgIpc) is 2.92. The van der Waals surface area contributed by atoms with Crippen molar-refractivity contribution in [1.82, 2.24) is 4.98 Å². The zero-order chi connectivity index (χ0) is 16.2. The Hall–Kier alpha value is -2.15. The zero-order valence-corrected chi connectivity index (χ0v) is 13.7. The summed E-state index contributed by atoms with van der Waals surface area (Å²) in [6.45, 7) is 3.35. The van der Waals surface area contributed by atoms with Crippen molar-refractivity contribution in [3.8, 4) is 0 Å². The number of esters is 2. The third-order valence-corrected chi connectivity index (χ3v) is 4.64. The molecular weight excluding hydrogens is 316 g/mol. The molecule has 1 aromatic heterocycles. The van der Waals surface area contributed by atoms with Crippen LogP contribution < -0.4 is 4.90 Å². The summed E-state index contributed by atoms with van der Waals surface area (Å²) < 4.78 is 11.3. The minimum atomic E-state index is -0.367. The molecule has 1 fully saturated rings. The quantitative estimate of drug-likeness (QED) is 0.756. The van der Waals surface area contributed by atoms with Crippen molar-refractivity contribution < 1.29 is 19.1 Å². The molecule has 0 amide bonds. The lowest BCUT2D eigenvalue weighted by Crippen LogP contribution is -2.53. The molecule has 1 aliphatic heterocycles. The first kappa shape index (κ1) is 15.7. The van der Waals surface area contributed by atoms with Gasteiger partial charge in [0.05, 0.1) is 42.8 Å². The summed E-state index contributed by atoms with van der Waals surface area (Å²) in [4.78, 5) is 29.5. The van der Waals surface area contributed by atoms with Crippen LogP contribution in [0.2, 0.25) is 0 Å². The van der Waals surface area contributed by atoms with Gasteiger partial charge in [-0.15, -0.1) is 0 Å². The molecule has 0 radical (unpaired) electrons. The van der Waals surface area contributed by atoms with E-state index in [-0.39, 0.29) is 30.9 Å². The van der Waals surface area contributed by atoms with Gasteiger partial charge in [0.15, 0.2) is 5.13 Å². The molecule has 0 N–H and O–H groups in total.